The van der Waals surface area contributed by atoms with Gasteiger partial charge in [-0.2, -0.15) is 0 Å². The summed E-state index contributed by atoms with van der Waals surface area (Å²) in [6.45, 7) is 6.55. The van der Waals surface area contributed by atoms with E-state index in [-0.39, 0.29) is 12.8 Å². The predicted octanol–water partition coefficient (Wildman–Crippen LogP) is 2.24. The third-order valence-corrected chi connectivity index (χ3v) is 4.88. The fraction of sp³-hybridized carbons (Fsp3) is 0.333. The molecule has 25 heavy (non-hydrogen) atoms. The number of rotatable bonds is 7. The first-order valence-corrected chi connectivity index (χ1v) is 8.69. The molecule has 2 aromatic rings. The zero-order valence-corrected chi connectivity index (χ0v) is 14.5. The molecule has 132 valence electrons. The van der Waals surface area contributed by atoms with E-state index in [0.717, 1.165) is 26.2 Å². The minimum atomic E-state index is -1.36. The predicted molar refractivity (Wildman–Crippen MR) is 99.7 cm³/mol. The van der Waals surface area contributed by atoms with Crippen molar-refractivity contribution in [3.63, 3.8) is 0 Å². The number of aliphatic hydroxyl groups is 2. The minimum Gasteiger partial charge on any atom is -0.393 e. The molecule has 0 spiro atoms. The van der Waals surface area contributed by atoms with Crippen LogP contribution in [-0.4, -0.2) is 51.5 Å². The van der Waals surface area contributed by atoms with Crippen molar-refractivity contribution in [3.8, 4) is 0 Å². The van der Waals surface area contributed by atoms with Gasteiger partial charge in [-0.1, -0.05) is 66.7 Å². The Bertz CT molecular complexity index is 627. The highest BCUT2D eigenvalue weighted by atomic mass is 16.3. The van der Waals surface area contributed by atoms with E-state index in [2.05, 4.69) is 40.6 Å². The molecule has 3 rings (SSSR count). The molecular formula is C21H26N2O2. The Kier molecular flexibility index (Phi) is 5.66. The third-order valence-electron chi connectivity index (χ3n) is 4.88. The second-order valence-electron chi connectivity index (χ2n) is 6.64. The number of aliphatic hydroxyl groups excluding tert-OH is 1. The lowest BCUT2D eigenvalue weighted by molar-refractivity contribution is -0.0835. The van der Waals surface area contributed by atoms with Gasteiger partial charge in [0.1, 0.15) is 5.60 Å². The third kappa shape index (κ3) is 3.99. The van der Waals surface area contributed by atoms with E-state index in [4.69, 9.17) is 0 Å². The quantitative estimate of drug-likeness (QED) is 0.760. The Morgan fingerprint density at radius 2 is 1.36 bits per heavy atom. The highest BCUT2D eigenvalue weighted by Gasteiger charge is 2.45. The molecule has 0 saturated carbocycles. The lowest BCUT2D eigenvalue weighted by Crippen LogP contribution is -2.56. The molecule has 0 bridgehead atoms. The second-order valence-corrected chi connectivity index (χ2v) is 6.64. The number of hydrogen-bond acceptors (Lipinski definition) is 4. The van der Waals surface area contributed by atoms with Crippen LogP contribution in [0.25, 0.3) is 0 Å². The normalized spacial score (nSPS) is 19.0. The minimum absolute atomic E-state index is 0.310. The molecule has 1 saturated heterocycles. The molecule has 2 N–H and O–H groups in total. The van der Waals surface area contributed by atoms with Crippen LogP contribution in [0.4, 0.5) is 0 Å². The van der Waals surface area contributed by atoms with E-state index >= 15 is 0 Å². The smallest absolute Gasteiger partial charge is 0.134 e. The Morgan fingerprint density at radius 1 is 0.920 bits per heavy atom. The van der Waals surface area contributed by atoms with Crippen molar-refractivity contribution in [1.29, 1.82) is 0 Å². The lowest BCUT2D eigenvalue weighted by Gasteiger charge is -2.40. The van der Waals surface area contributed by atoms with E-state index in [1.54, 1.807) is 0 Å². The Labute approximate surface area is 149 Å². The van der Waals surface area contributed by atoms with Gasteiger partial charge < -0.3 is 10.2 Å². The summed E-state index contributed by atoms with van der Waals surface area (Å²) >= 11 is 0. The van der Waals surface area contributed by atoms with E-state index in [1.807, 2.05) is 36.4 Å². The molecular weight excluding hydrogens is 312 g/mol. The van der Waals surface area contributed by atoms with Crippen LogP contribution >= 0.6 is 0 Å². The van der Waals surface area contributed by atoms with Gasteiger partial charge in [-0.3, -0.25) is 9.80 Å². The fourth-order valence-electron chi connectivity index (χ4n) is 3.58. The summed E-state index contributed by atoms with van der Waals surface area (Å²) < 4.78 is 0. The van der Waals surface area contributed by atoms with E-state index < -0.39 is 5.60 Å². The van der Waals surface area contributed by atoms with Crippen LogP contribution in [-0.2, 0) is 13.1 Å². The highest BCUT2D eigenvalue weighted by molar-refractivity contribution is 5.18. The monoisotopic (exact) mass is 338 g/mol. The Hall–Kier alpha value is -1.98. The zero-order valence-electron chi connectivity index (χ0n) is 14.5. The summed E-state index contributed by atoms with van der Waals surface area (Å²) in [5.74, 6) is 0. The number of benzene rings is 2. The molecule has 1 atom stereocenters. The molecule has 1 heterocycles. The van der Waals surface area contributed by atoms with Crippen molar-refractivity contribution in [2.24, 2.45) is 0 Å². The molecule has 0 aromatic heterocycles. The van der Waals surface area contributed by atoms with Crippen LogP contribution in [0.5, 0.6) is 0 Å². The van der Waals surface area contributed by atoms with Crippen molar-refractivity contribution in [3.05, 3.63) is 84.4 Å². The number of hydrogen-bond donors (Lipinski definition) is 2. The summed E-state index contributed by atoms with van der Waals surface area (Å²) in [4.78, 5) is 4.44. The zero-order chi connectivity index (χ0) is 17.7. The molecule has 4 nitrogen and oxygen atoms in total. The number of nitrogens with zero attached hydrogens (tertiary/aromatic N) is 2. The van der Waals surface area contributed by atoms with Crippen LogP contribution in [0.15, 0.2) is 73.3 Å². The van der Waals surface area contributed by atoms with Crippen molar-refractivity contribution in [2.75, 3.05) is 19.7 Å². The second kappa shape index (κ2) is 7.93. The van der Waals surface area contributed by atoms with Crippen molar-refractivity contribution < 1.29 is 10.2 Å². The molecule has 2 aromatic carbocycles. The summed E-state index contributed by atoms with van der Waals surface area (Å²) in [5.41, 5.74) is 1.02. The first-order valence-electron chi connectivity index (χ1n) is 8.69. The topological polar surface area (TPSA) is 46.9 Å². The van der Waals surface area contributed by atoms with E-state index in [0.29, 0.717) is 0 Å². The van der Waals surface area contributed by atoms with Gasteiger partial charge in [0.15, 0.2) is 0 Å². The highest BCUT2D eigenvalue weighted by Crippen LogP contribution is 2.29. The van der Waals surface area contributed by atoms with Crippen molar-refractivity contribution in [2.45, 2.75) is 24.9 Å². The molecule has 0 amide bonds. The van der Waals surface area contributed by atoms with E-state index in [1.165, 1.54) is 17.2 Å². The molecule has 1 fully saturated rings. The summed E-state index contributed by atoms with van der Waals surface area (Å²) in [6.07, 6.45) is 1.16. The maximum Gasteiger partial charge on any atom is 0.134 e. The molecule has 1 aliphatic rings. The van der Waals surface area contributed by atoms with Gasteiger partial charge in [0, 0.05) is 26.2 Å². The van der Waals surface area contributed by atoms with Crippen LogP contribution in [0.2, 0.25) is 0 Å². The van der Waals surface area contributed by atoms with Gasteiger partial charge >= 0.3 is 0 Å². The molecule has 4 heteroatoms. The summed E-state index contributed by atoms with van der Waals surface area (Å²) in [6, 6.07) is 20.4. The van der Waals surface area contributed by atoms with Crippen molar-refractivity contribution >= 4 is 0 Å². The van der Waals surface area contributed by atoms with Crippen LogP contribution in [0.3, 0.4) is 0 Å². The first kappa shape index (κ1) is 17.8. The van der Waals surface area contributed by atoms with Gasteiger partial charge in [-0.15, -0.1) is 6.58 Å². The van der Waals surface area contributed by atoms with Gasteiger partial charge in [-0.25, -0.2) is 0 Å². The standard InChI is InChI=1S/C21H26N2O2/c1-2-21(25,17-24)20-22(15-18-9-5-3-6-10-18)13-14-23(20)16-19-11-7-4-8-12-19/h2-12,20,24-25H,1,13-17H2/t21-/m1/s1. The summed E-state index contributed by atoms with van der Waals surface area (Å²) in [5, 5.41) is 20.8. The average Bonchev–Trinajstić information content (AvgIpc) is 3.05. The SMILES string of the molecule is C=C[C@@](O)(CO)C1N(Cc2ccccc2)CCN1Cc1ccccc1. The van der Waals surface area contributed by atoms with Crippen LogP contribution < -0.4 is 0 Å². The van der Waals surface area contributed by atoms with Crippen LogP contribution in [0.1, 0.15) is 11.1 Å². The Balaban J connectivity index is 1.84. The van der Waals surface area contributed by atoms with Gasteiger partial charge in [0.05, 0.1) is 12.8 Å². The maximum atomic E-state index is 11.0. The Morgan fingerprint density at radius 3 is 1.72 bits per heavy atom. The fourth-order valence-corrected chi connectivity index (χ4v) is 3.58. The van der Waals surface area contributed by atoms with Gasteiger partial charge in [0.25, 0.3) is 0 Å². The van der Waals surface area contributed by atoms with Gasteiger partial charge in [-0.05, 0) is 11.1 Å². The van der Waals surface area contributed by atoms with Crippen molar-refractivity contribution in [1.82, 2.24) is 9.80 Å². The van der Waals surface area contributed by atoms with Crippen LogP contribution in [0, 0.1) is 0 Å². The maximum absolute atomic E-state index is 11.0. The first-order chi connectivity index (χ1) is 12.2. The molecule has 0 radical (unpaired) electrons. The summed E-state index contributed by atoms with van der Waals surface area (Å²) in [7, 11) is 0. The molecule has 0 unspecified atom stereocenters. The van der Waals surface area contributed by atoms with E-state index in [9.17, 15) is 10.2 Å². The molecule has 0 aliphatic carbocycles. The average molecular weight is 338 g/mol. The largest absolute Gasteiger partial charge is 0.393 e. The van der Waals surface area contributed by atoms with Gasteiger partial charge in [0.2, 0.25) is 0 Å². The molecule has 1 aliphatic heterocycles. The lowest BCUT2D eigenvalue weighted by atomic mass is 9.99.